The molecule has 0 saturated carbocycles. The maximum atomic E-state index is 12.6. The SMILES string of the molecule is CC(=O)N[C@@H]([C@H](OCc1ccccc1)[C@@H](COCc1ccccc1)OCc1ccccc1)[C@H](COCc1ccccc1)N=[N+]=[N-]. The number of hydrogen-bond acceptors (Lipinski definition) is 6. The summed E-state index contributed by atoms with van der Waals surface area (Å²) in [7, 11) is 0. The molecule has 0 aromatic heterocycles. The maximum absolute atomic E-state index is 12.6. The van der Waals surface area contributed by atoms with Crippen LogP contribution in [-0.2, 0) is 50.2 Å². The van der Waals surface area contributed by atoms with E-state index in [1.165, 1.54) is 6.92 Å². The Hall–Kier alpha value is -4.50. The number of nitrogens with one attached hydrogen (secondary N) is 1. The Morgan fingerprint density at radius 1 is 0.667 bits per heavy atom. The largest absolute Gasteiger partial charge is 0.376 e. The van der Waals surface area contributed by atoms with E-state index in [4.69, 9.17) is 18.9 Å². The van der Waals surface area contributed by atoms with E-state index in [-0.39, 0.29) is 32.3 Å². The lowest BCUT2D eigenvalue weighted by atomic mass is 9.98. The Balaban J connectivity index is 1.62. The van der Waals surface area contributed by atoms with Gasteiger partial charge >= 0.3 is 0 Å². The van der Waals surface area contributed by atoms with E-state index in [0.717, 1.165) is 22.3 Å². The van der Waals surface area contributed by atoms with Crippen molar-refractivity contribution in [1.82, 2.24) is 5.32 Å². The van der Waals surface area contributed by atoms with Crippen molar-refractivity contribution in [3.63, 3.8) is 0 Å². The van der Waals surface area contributed by atoms with Crippen LogP contribution in [-0.4, -0.2) is 43.4 Å². The van der Waals surface area contributed by atoms with Crippen LogP contribution in [0.4, 0.5) is 0 Å². The second-order valence-corrected chi connectivity index (χ2v) is 10.6. The van der Waals surface area contributed by atoms with Gasteiger partial charge in [0.25, 0.3) is 0 Å². The van der Waals surface area contributed by atoms with Gasteiger partial charge in [-0.1, -0.05) is 126 Å². The molecule has 0 saturated heterocycles. The van der Waals surface area contributed by atoms with Crippen molar-refractivity contribution in [1.29, 1.82) is 0 Å². The van der Waals surface area contributed by atoms with Crippen LogP contribution < -0.4 is 5.32 Å². The lowest BCUT2D eigenvalue weighted by molar-refractivity contribution is -0.139. The third kappa shape index (κ3) is 11.8. The van der Waals surface area contributed by atoms with Crippen LogP contribution in [0.15, 0.2) is 126 Å². The Kier molecular flexibility index (Phi) is 14.1. The summed E-state index contributed by atoms with van der Waals surface area (Å²) in [6.07, 6.45) is -1.43. The van der Waals surface area contributed by atoms with Gasteiger partial charge in [-0.3, -0.25) is 4.79 Å². The van der Waals surface area contributed by atoms with Gasteiger partial charge < -0.3 is 24.3 Å². The highest BCUT2D eigenvalue weighted by molar-refractivity contribution is 5.73. The minimum absolute atomic E-state index is 0.0470. The molecule has 4 atom stereocenters. The van der Waals surface area contributed by atoms with Crippen LogP contribution in [0.2, 0.25) is 0 Å². The molecule has 45 heavy (non-hydrogen) atoms. The number of rotatable bonds is 19. The molecule has 234 valence electrons. The van der Waals surface area contributed by atoms with Gasteiger partial charge in [0, 0.05) is 11.8 Å². The van der Waals surface area contributed by atoms with Crippen LogP contribution in [0.25, 0.3) is 10.4 Å². The van der Waals surface area contributed by atoms with Gasteiger partial charge in [-0.25, -0.2) is 0 Å². The van der Waals surface area contributed by atoms with Gasteiger partial charge in [-0.2, -0.15) is 0 Å². The first-order chi connectivity index (χ1) is 22.1. The van der Waals surface area contributed by atoms with Crippen LogP contribution >= 0.6 is 0 Å². The summed E-state index contributed by atoms with van der Waals surface area (Å²) in [5, 5.41) is 7.07. The Morgan fingerprint density at radius 2 is 1.09 bits per heavy atom. The van der Waals surface area contributed by atoms with Gasteiger partial charge in [0.05, 0.1) is 51.7 Å². The summed E-state index contributed by atoms with van der Waals surface area (Å²) in [6, 6.07) is 37.5. The first-order valence-electron chi connectivity index (χ1n) is 15.0. The molecule has 1 N–H and O–H groups in total. The highest BCUT2D eigenvalue weighted by Gasteiger charge is 2.37. The van der Waals surface area contributed by atoms with Crippen LogP contribution in [0, 0.1) is 0 Å². The number of hydrogen-bond donors (Lipinski definition) is 1. The number of nitrogens with zero attached hydrogens (tertiary/aromatic N) is 3. The van der Waals surface area contributed by atoms with E-state index in [1.54, 1.807) is 0 Å². The van der Waals surface area contributed by atoms with Gasteiger partial charge in [0.15, 0.2) is 0 Å². The predicted octanol–water partition coefficient (Wildman–Crippen LogP) is 6.77. The van der Waals surface area contributed by atoms with Gasteiger partial charge in [-0.15, -0.1) is 0 Å². The average molecular weight is 609 g/mol. The number of ether oxygens (including phenoxy) is 4. The zero-order valence-electron chi connectivity index (χ0n) is 25.5. The standard InChI is InChI=1S/C36H40N4O5/c1-28(41)38-35(33(39-40-37)26-42-22-29-14-6-2-7-15-29)36(45-25-32-20-12-5-13-21-32)34(44-24-31-18-10-4-11-19-31)27-43-23-30-16-8-3-9-17-30/h2-21,33-36H,22-27H2,1H3,(H,38,41)/t33-,34+,35+,36+/m0/s1. The third-order valence-electron chi connectivity index (χ3n) is 7.09. The molecule has 9 heteroatoms. The highest BCUT2D eigenvalue weighted by atomic mass is 16.6. The first-order valence-corrected chi connectivity index (χ1v) is 15.0. The van der Waals surface area contributed by atoms with Crippen LogP contribution in [0.3, 0.4) is 0 Å². The zero-order valence-corrected chi connectivity index (χ0v) is 25.5. The molecule has 4 rings (SSSR count). The molecule has 0 unspecified atom stereocenters. The molecule has 4 aromatic carbocycles. The highest BCUT2D eigenvalue weighted by Crippen LogP contribution is 2.21. The minimum atomic E-state index is -0.805. The van der Waals surface area contributed by atoms with Crippen LogP contribution in [0.5, 0.6) is 0 Å². The predicted molar refractivity (Wildman–Crippen MR) is 173 cm³/mol. The Bertz CT molecular complexity index is 1440. The van der Waals surface area contributed by atoms with Gasteiger partial charge in [0.2, 0.25) is 5.91 Å². The van der Waals surface area contributed by atoms with Crippen molar-refractivity contribution in [3.05, 3.63) is 154 Å². The van der Waals surface area contributed by atoms with E-state index in [2.05, 4.69) is 15.3 Å². The number of amides is 1. The second-order valence-electron chi connectivity index (χ2n) is 10.6. The molecule has 0 aliphatic carbocycles. The van der Waals surface area contributed by atoms with Gasteiger partial charge in [-0.05, 0) is 27.8 Å². The molecule has 0 aliphatic heterocycles. The lowest BCUT2D eigenvalue weighted by Crippen LogP contribution is -2.57. The third-order valence-corrected chi connectivity index (χ3v) is 7.09. The quantitative estimate of drug-likeness (QED) is 0.0716. The molecule has 9 nitrogen and oxygen atoms in total. The van der Waals surface area contributed by atoms with E-state index in [1.807, 2.05) is 121 Å². The molecular weight excluding hydrogens is 568 g/mol. The van der Waals surface area contributed by atoms with Crippen LogP contribution in [0.1, 0.15) is 29.2 Å². The molecule has 0 heterocycles. The number of carbonyl (C=O) groups excluding carboxylic acids is 1. The summed E-state index contributed by atoms with van der Waals surface area (Å²) in [5.41, 5.74) is 13.5. The smallest absolute Gasteiger partial charge is 0.217 e. The lowest BCUT2D eigenvalue weighted by Gasteiger charge is -2.36. The van der Waals surface area contributed by atoms with E-state index in [9.17, 15) is 10.3 Å². The number of azide groups is 1. The average Bonchev–Trinajstić information content (AvgIpc) is 3.07. The van der Waals surface area contributed by atoms with Crippen molar-refractivity contribution in [3.8, 4) is 0 Å². The van der Waals surface area contributed by atoms with Crippen molar-refractivity contribution in [2.75, 3.05) is 13.2 Å². The van der Waals surface area contributed by atoms with E-state index >= 15 is 0 Å². The zero-order chi connectivity index (χ0) is 31.5. The van der Waals surface area contributed by atoms with Crippen molar-refractivity contribution in [2.24, 2.45) is 5.11 Å². The summed E-state index contributed by atoms with van der Waals surface area (Å²) in [5.74, 6) is -0.304. The number of benzene rings is 4. The molecule has 0 aliphatic rings. The summed E-state index contributed by atoms with van der Waals surface area (Å²) >= 11 is 0. The molecule has 0 bridgehead atoms. The molecule has 1 amide bonds. The fraction of sp³-hybridized carbons (Fsp3) is 0.306. The molecule has 4 aromatic rings. The maximum Gasteiger partial charge on any atom is 0.217 e. The molecule has 0 spiro atoms. The summed E-state index contributed by atoms with van der Waals surface area (Å²) in [4.78, 5) is 15.7. The molecule has 0 fully saturated rings. The topological polar surface area (TPSA) is 115 Å². The molecular formula is C36H40N4O5. The van der Waals surface area contributed by atoms with Crippen molar-refractivity contribution < 1.29 is 23.7 Å². The van der Waals surface area contributed by atoms with Crippen molar-refractivity contribution >= 4 is 5.91 Å². The normalized spacial score (nSPS) is 13.6. The Labute approximate surface area is 264 Å². The van der Waals surface area contributed by atoms with Gasteiger partial charge in [0.1, 0.15) is 12.2 Å². The summed E-state index contributed by atoms with van der Waals surface area (Å²) in [6.45, 7) is 2.83. The minimum Gasteiger partial charge on any atom is -0.376 e. The fourth-order valence-electron chi connectivity index (χ4n) is 4.87. The number of carbonyl (C=O) groups is 1. The second kappa shape index (κ2) is 19.0. The fourth-order valence-corrected chi connectivity index (χ4v) is 4.87. The Morgan fingerprint density at radius 3 is 1.53 bits per heavy atom. The van der Waals surface area contributed by atoms with Crippen molar-refractivity contribution in [2.45, 2.75) is 57.6 Å². The monoisotopic (exact) mass is 608 g/mol. The summed E-state index contributed by atoms with van der Waals surface area (Å²) < 4.78 is 25.3. The van der Waals surface area contributed by atoms with E-state index in [0.29, 0.717) is 13.2 Å². The first kappa shape index (κ1) is 33.4. The van der Waals surface area contributed by atoms with E-state index < -0.39 is 24.3 Å². The molecule has 0 radical (unpaired) electrons.